The second-order valence-corrected chi connectivity index (χ2v) is 4.16. The number of imidazole rings is 1. The molecule has 0 spiro atoms. The highest BCUT2D eigenvalue weighted by Crippen LogP contribution is 2.12. The average Bonchev–Trinajstić information content (AvgIpc) is 2.85. The molecule has 96 valence electrons. The maximum absolute atomic E-state index is 11.3. The number of nitrogens with zero attached hydrogens (tertiary/aromatic N) is 2. The van der Waals surface area contributed by atoms with Gasteiger partial charge < -0.3 is 5.11 Å². The van der Waals surface area contributed by atoms with Gasteiger partial charge in [-0.1, -0.05) is 30.2 Å². The summed E-state index contributed by atoms with van der Waals surface area (Å²) in [6.07, 6.45) is 1.75. The molecule has 1 aromatic carbocycles. The van der Waals surface area contributed by atoms with E-state index in [2.05, 4.69) is 16.8 Å². The summed E-state index contributed by atoms with van der Waals surface area (Å²) in [5.41, 5.74) is 1.76. The topological polar surface area (TPSA) is 54.6 Å². The van der Waals surface area contributed by atoms with Crippen molar-refractivity contribution in [1.82, 2.24) is 9.38 Å². The van der Waals surface area contributed by atoms with Crippen LogP contribution in [0, 0.1) is 11.8 Å². The third-order valence-corrected chi connectivity index (χ3v) is 2.83. The van der Waals surface area contributed by atoms with Crippen molar-refractivity contribution in [3.05, 3.63) is 71.7 Å². The van der Waals surface area contributed by atoms with Gasteiger partial charge in [-0.3, -0.25) is 4.40 Å². The van der Waals surface area contributed by atoms with Gasteiger partial charge >= 0.3 is 5.97 Å². The van der Waals surface area contributed by atoms with Crippen LogP contribution in [0.5, 0.6) is 0 Å². The molecule has 0 radical (unpaired) electrons. The highest BCUT2D eigenvalue weighted by molar-refractivity contribution is 5.89. The molecule has 0 amide bonds. The quantitative estimate of drug-likeness (QED) is 0.685. The Morgan fingerprint density at radius 3 is 2.55 bits per heavy atom. The minimum atomic E-state index is -1.08. The average molecular weight is 262 g/mol. The molecule has 20 heavy (non-hydrogen) atoms. The zero-order valence-electron chi connectivity index (χ0n) is 10.4. The fourth-order valence-corrected chi connectivity index (χ4v) is 1.92. The van der Waals surface area contributed by atoms with E-state index in [4.69, 9.17) is 0 Å². The Bertz CT molecular complexity index is 839. The molecular weight excluding hydrogens is 252 g/mol. The molecule has 0 saturated carbocycles. The second-order valence-electron chi connectivity index (χ2n) is 4.16. The van der Waals surface area contributed by atoms with E-state index >= 15 is 0 Å². The van der Waals surface area contributed by atoms with Gasteiger partial charge in [-0.05, 0) is 30.2 Å². The van der Waals surface area contributed by atoms with Crippen LogP contribution >= 0.6 is 0 Å². The van der Waals surface area contributed by atoms with Gasteiger partial charge in [0.05, 0.1) is 0 Å². The molecular formula is C16H10N2O2. The van der Waals surface area contributed by atoms with E-state index < -0.39 is 5.97 Å². The molecule has 2 aromatic heterocycles. The Balaban J connectivity index is 2.18. The van der Waals surface area contributed by atoms with Crippen LogP contribution in [0.4, 0.5) is 0 Å². The first kappa shape index (κ1) is 12.0. The van der Waals surface area contributed by atoms with E-state index in [0.29, 0.717) is 11.3 Å². The van der Waals surface area contributed by atoms with E-state index in [-0.39, 0.29) is 5.69 Å². The lowest BCUT2D eigenvalue weighted by molar-refractivity contribution is 0.0691. The largest absolute Gasteiger partial charge is 0.476 e. The molecule has 0 aliphatic carbocycles. The molecule has 0 bridgehead atoms. The summed E-state index contributed by atoms with van der Waals surface area (Å²) >= 11 is 0. The molecule has 0 unspecified atom stereocenters. The lowest BCUT2D eigenvalue weighted by Crippen LogP contribution is -2.00. The summed E-state index contributed by atoms with van der Waals surface area (Å²) in [5.74, 6) is 4.79. The Labute approximate surface area is 115 Å². The molecule has 0 fully saturated rings. The molecule has 3 aromatic rings. The smallest absolute Gasteiger partial charge is 0.357 e. The van der Waals surface area contributed by atoms with E-state index in [1.807, 2.05) is 42.5 Å². The summed E-state index contributed by atoms with van der Waals surface area (Å²) in [4.78, 5) is 15.3. The van der Waals surface area contributed by atoms with Crippen LogP contribution in [0.2, 0.25) is 0 Å². The molecule has 2 heterocycles. The highest BCUT2D eigenvalue weighted by atomic mass is 16.4. The number of benzene rings is 1. The Kier molecular flexibility index (Phi) is 2.94. The molecule has 4 nitrogen and oxygen atoms in total. The number of carbonyl (C=O) groups is 1. The van der Waals surface area contributed by atoms with Gasteiger partial charge in [0, 0.05) is 11.8 Å². The summed E-state index contributed by atoms with van der Waals surface area (Å²) in [5, 5.41) is 9.22. The zero-order valence-corrected chi connectivity index (χ0v) is 10.4. The lowest BCUT2D eigenvalue weighted by atomic mass is 10.2. The van der Waals surface area contributed by atoms with Gasteiger partial charge in [0.1, 0.15) is 11.3 Å². The summed E-state index contributed by atoms with van der Waals surface area (Å²) in [6, 6.07) is 14.8. The molecule has 0 aliphatic rings. The van der Waals surface area contributed by atoms with Crippen LogP contribution in [-0.2, 0) is 0 Å². The second kappa shape index (κ2) is 4.90. The molecule has 1 N–H and O–H groups in total. The Hall–Kier alpha value is -3.06. The summed E-state index contributed by atoms with van der Waals surface area (Å²) in [7, 11) is 0. The maximum atomic E-state index is 11.3. The molecule has 0 atom stereocenters. The Morgan fingerprint density at radius 2 is 1.80 bits per heavy atom. The number of fused-ring (bicyclic) bond motifs is 1. The number of hydrogen-bond donors (Lipinski definition) is 1. The van der Waals surface area contributed by atoms with Crippen molar-refractivity contribution in [3.8, 4) is 11.8 Å². The van der Waals surface area contributed by atoms with Gasteiger partial charge in [0.15, 0.2) is 5.69 Å². The number of carboxylic acid groups (broad SMARTS) is 1. The minimum absolute atomic E-state index is 0.0281. The number of pyridine rings is 1. The third-order valence-electron chi connectivity index (χ3n) is 2.83. The van der Waals surface area contributed by atoms with E-state index in [9.17, 15) is 9.90 Å². The van der Waals surface area contributed by atoms with Crippen molar-refractivity contribution < 1.29 is 9.90 Å². The highest BCUT2D eigenvalue weighted by Gasteiger charge is 2.16. The van der Waals surface area contributed by atoms with E-state index in [1.54, 1.807) is 16.7 Å². The SMILES string of the molecule is O=C(O)c1nc2ccccn2c1C#Cc1ccccc1. The molecule has 0 saturated heterocycles. The monoisotopic (exact) mass is 262 g/mol. The molecule has 3 rings (SSSR count). The fourth-order valence-electron chi connectivity index (χ4n) is 1.92. The van der Waals surface area contributed by atoms with Crippen LogP contribution in [-0.4, -0.2) is 20.5 Å². The predicted octanol–water partition coefficient (Wildman–Crippen LogP) is 2.43. The summed E-state index contributed by atoms with van der Waals surface area (Å²) < 4.78 is 1.68. The van der Waals surface area contributed by atoms with Crippen molar-refractivity contribution in [2.45, 2.75) is 0 Å². The third kappa shape index (κ3) is 2.13. The number of aromatic nitrogens is 2. The van der Waals surface area contributed by atoms with Crippen LogP contribution in [0.3, 0.4) is 0 Å². The standard InChI is InChI=1S/C16H10N2O2/c19-16(20)15-13(10-9-12-6-2-1-3-7-12)18-11-5-4-8-14(18)17-15/h1-8,11H,(H,19,20). The van der Waals surface area contributed by atoms with Crippen molar-refractivity contribution >= 4 is 11.6 Å². The first-order valence-electron chi connectivity index (χ1n) is 6.03. The number of hydrogen-bond acceptors (Lipinski definition) is 2. The number of aromatic carboxylic acids is 1. The van der Waals surface area contributed by atoms with Crippen LogP contribution in [0.15, 0.2) is 54.7 Å². The zero-order chi connectivity index (χ0) is 13.9. The first-order chi connectivity index (χ1) is 9.75. The Morgan fingerprint density at radius 1 is 1.05 bits per heavy atom. The van der Waals surface area contributed by atoms with Gasteiger partial charge in [-0.25, -0.2) is 9.78 Å². The van der Waals surface area contributed by atoms with Crippen molar-refractivity contribution in [1.29, 1.82) is 0 Å². The number of rotatable bonds is 1. The van der Waals surface area contributed by atoms with Gasteiger partial charge in [-0.15, -0.1) is 0 Å². The minimum Gasteiger partial charge on any atom is -0.476 e. The van der Waals surface area contributed by atoms with Crippen molar-refractivity contribution in [2.24, 2.45) is 0 Å². The van der Waals surface area contributed by atoms with Gasteiger partial charge in [-0.2, -0.15) is 0 Å². The first-order valence-corrected chi connectivity index (χ1v) is 6.03. The fraction of sp³-hybridized carbons (Fsp3) is 0. The van der Waals surface area contributed by atoms with Crippen LogP contribution in [0.25, 0.3) is 5.65 Å². The van der Waals surface area contributed by atoms with E-state index in [0.717, 1.165) is 5.56 Å². The van der Waals surface area contributed by atoms with Crippen molar-refractivity contribution in [3.63, 3.8) is 0 Å². The van der Waals surface area contributed by atoms with Gasteiger partial charge in [0.2, 0.25) is 0 Å². The number of carboxylic acids is 1. The van der Waals surface area contributed by atoms with Crippen LogP contribution < -0.4 is 0 Å². The molecule has 0 aliphatic heterocycles. The molecule has 4 heteroatoms. The van der Waals surface area contributed by atoms with E-state index in [1.165, 1.54) is 0 Å². The van der Waals surface area contributed by atoms with Crippen molar-refractivity contribution in [2.75, 3.05) is 0 Å². The maximum Gasteiger partial charge on any atom is 0.357 e. The lowest BCUT2D eigenvalue weighted by Gasteiger charge is -1.94. The predicted molar refractivity (Wildman–Crippen MR) is 74.6 cm³/mol. The van der Waals surface area contributed by atoms with Gasteiger partial charge in [0.25, 0.3) is 0 Å². The van der Waals surface area contributed by atoms with Crippen LogP contribution in [0.1, 0.15) is 21.7 Å². The normalized spacial score (nSPS) is 10.0. The summed E-state index contributed by atoms with van der Waals surface area (Å²) in [6.45, 7) is 0.